The molecule has 0 radical (unpaired) electrons. The second kappa shape index (κ2) is 7.94. The number of benzene rings is 2. The first kappa shape index (κ1) is 17.2. The van der Waals surface area contributed by atoms with Gasteiger partial charge >= 0.3 is 0 Å². The van der Waals surface area contributed by atoms with Crippen molar-refractivity contribution in [1.29, 1.82) is 0 Å². The molecule has 3 rings (SSSR count). The second-order valence-electron chi connectivity index (χ2n) is 5.42. The summed E-state index contributed by atoms with van der Waals surface area (Å²) in [6, 6.07) is 17.1. The molecule has 0 aliphatic heterocycles. The van der Waals surface area contributed by atoms with Crippen LogP contribution in [-0.2, 0) is 0 Å². The number of carbonyl (C=O) groups is 2. The molecule has 2 amide bonds. The van der Waals surface area contributed by atoms with Crippen LogP contribution in [0.25, 0.3) is 0 Å². The van der Waals surface area contributed by atoms with Gasteiger partial charge in [-0.15, -0.1) is 0 Å². The molecular formula is C20H17N3O3. The quantitative estimate of drug-likeness (QED) is 0.739. The Hall–Kier alpha value is -3.67. The van der Waals surface area contributed by atoms with E-state index < -0.39 is 0 Å². The Bertz CT molecular complexity index is 909. The molecule has 0 saturated carbocycles. The SMILES string of the molecule is COc1ccccc1NC(=O)c1ccc(NC(=O)c2ccncc2)cc1. The molecule has 0 saturated heterocycles. The highest BCUT2D eigenvalue weighted by molar-refractivity contribution is 6.06. The first-order valence-electron chi connectivity index (χ1n) is 7.93. The Morgan fingerprint density at radius 2 is 1.42 bits per heavy atom. The lowest BCUT2D eigenvalue weighted by atomic mass is 10.1. The number of anilines is 2. The third-order valence-corrected chi connectivity index (χ3v) is 3.70. The molecule has 0 aliphatic carbocycles. The number of nitrogens with one attached hydrogen (secondary N) is 2. The number of rotatable bonds is 5. The van der Waals surface area contributed by atoms with Crippen molar-refractivity contribution in [2.45, 2.75) is 0 Å². The van der Waals surface area contributed by atoms with Crippen LogP contribution >= 0.6 is 0 Å². The topological polar surface area (TPSA) is 80.3 Å². The monoisotopic (exact) mass is 347 g/mol. The summed E-state index contributed by atoms with van der Waals surface area (Å²) in [6.07, 6.45) is 3.11. The molecule has 1 aromatic heterocycles. The van der Waals surface area contributed by atoms with Crippen LogP contribution in [0.2, 0.25) is 0 Å². The fourth-order valence-electron chi connectivity index (χ4n) is 2.35. The fourth-order valence-corrected chi connectivity index (χ4v) is 2.35. The number of hydrogen-bond acceptors (Lipinski definition) is 4. The van der Waals surface area contributed by atoms with E-state index in [1.807, 2.05) is 12.1 Å². The van der Waals surface area contributed by atoms with Gasteiger partial charge in [-0.25, -0.2) is 0 Å². The van der Waals surface area contributed by atoms with E-state index in [2.05, 4.69) is 15.6 Å². The average molecular weight is 347 g/mol. The predicted octanol–water partition coefficient (Wildman–Crippen LogP) is 3.59. The zero-order valence-corrected chi connectivity index (χ0v) is 14.1. The minimum absolute atomic E-state index is 0.237. The van der Waals surface area contributed by atoms with Gasteiger partial charge in [-0.05, 0) is 48.5 Å². The molecule has 1 heterocycles. The van der Waals surface area contributed by atoms with Crippen molar-refractivity contribution >= 4 is 23.2 Å². The number of hydrogen-bond donors (Lipinski definition) is 2. The van der Waals surface area contributed by atoms with Crippen LogP contribution in [0.4, 0.5) is 11.4 Å². The number of nitrogens with zero attached hydrogens (tertiary/aromatic N) is 1. The lowest BCUT2D eigenvalue weighted by Gasteiger charge is -2.10. The van der Waals surface area contributed by atoms with E-state index >= 15 is 0 Å². The average Bonchev–Trinajstić information content (AvgIpc) is 2.69. The highest BCUT2D eigenvalue weighted by atomic mass is 16.5. The van der Waals surface area contributed by atoms with Gasteiger partial charge in [0.2, 0.25) is 0 Å². The number of pyridine rings is 1. The lowest BCUT2D eigenvalue weighted by Crippen LogP contribution is -2.14. The minimum Gasteiger partial charge on any atom is -0.495 e. The molecule has 0 bridgehead atoms. The highest BCUT2D eigenvalue weighted by Crippen LogP contribution is 2.23. The maximum absolute atomic E-state index is 12.4. The Morgan fingerprint density at radius 1 is 0.808 bits per heavy atom. The molecule has 130 valence electrons. The second-order valence-corrected chi connectivity index (χ2v) is 5.42. The third kappa shape index (κ3) is 4.05. The number of para-hydroxylation sites is 2. The molecule has 6 nitrogen and oxygen atoms in total. The Kier molecular flexibility index (Phi) is 5.24. The number of amides is 2. The van der Waals surface area contributed by atoms with E-state index in [0.29, 0.717) is 28.3 Å². The van der Waals surface area contributed by atoms with Gasteiger partial charge in [-0.1, -0.05) is 12.1 Å². The molecule has 0 fully saturated rings. The number of aromatic nitrogens is 1. The van der Waals surface area contributed by atoms with Crippen LogP contribution in [0.1, 0.15) is 20.7 Å². The largest absolute Gasteiger partial charge is 0.495 e. The highest BCUT2D eigenvalue weighted by Gasteiger charge is 2.10. The first-order chi connectivity index (χ1) is 12.7. The fraction of sp³-hybridized carbons (Fsp3) is 0.0500. The summed E-state index contributed by atoms with van der Waals surface area (Å²) in [5.74, 6) is 0.0854. The standard InChI is InChI=1S/C20H17N3O3/c1-26-18-5-3-2-4-17(18)23-20(25)14-6-8-16(9-7-14)22-19(24)15-10-12-21-13-11-15/h2-13H,1H3,(H,22,24)(H,23,25). The van der Waals surface area contributed by atoms with E-state index in [4.69, 9.17) is 4.74 Å². The van der Waals surface area contributed by atoms with E-state index in [0.717, 1.165) is 0 Å². The minimum atomic E-state index is -0.262. The maximum Gasteiger partial charge on any atom is 0.255 e. The number of ether oxygens (including phenoxy) is 1. The van der Waals surface area contributed by atoms with Crippen LogP contribution in [0.3, 0.4) is 0 Å². The summed E-state index contributed by atoms with van der Waals surface area (Å²) in [7, 11) is 1.55. The van der Waals surface area contributed by atoms with Gasteiger partial charge in [0.15, 0.2) is 0 Å². The Labute approximate surface area is 150 Å². The van der Waals surface area contributed by atoms with Crippen molar-refractivity contribution in [1.82, 2.24) is 4.98 Å². The maximum atomic E-state index is 12.4. The molecule has 2 aromatic carbocycles. The van der Waals surface area contributed by atoms with Crippen molar-refractivity contribution in [2.75, 3.05) is 17.7 Å². The molecular weight excluding hydrogens is 330 g/mol. The summed E-state index contributed by atoms with van der Waals surface area (Å²) in [6.45, 7) is 0. The van der Waals surface area contributed by atoms with Gasteiger partial charge in [0.05, 0.1) is 12.8 Å². The number of methoxy groups -OCH3 is 1. The normalized spacial score (nSPS) is 10.0. The van der Waals surface area contributed by atoms with Gasteiger partial charge in [0.1, 0.15) is 5.75 Å². The number of carbonyl (C=O) groups excluding carboxylic acids is 2. The predicted molar refractivity (Wildman–Crippen MR) is 99.6 cm³/mol. The van der Waals surface area contributed by atoms with Crippen LogP contribution in [0, 0.1) is 0 Å². The van der Waals surface area contributed by atoms with Gasteiger partial charge in [0, 0.05) is 29.2 Å². The molecule has 0 aliphatic rings. The van der Waals surface area contributed by atoms with Crippen LogP contribution < -0.4 is 15.4 Å². The van der Waals surface area contributed by atoms with Crippen molar-refractivity contribution in [3.63, 3.8) is 0 Å². The summed E-state index contributed by atoms with van der Waals surface area (Å²) >= 11 is 0. The van der Waals surface area contributed by atoms with Gasteiger partial charge in [0.25, 0.3) is 11.8 Å². The molecule has 0 atom stereocenters. The van der Waals surface area contributed by atoms with Crippen molar-refractivity contribution in [2.24, 2.45) is 0 Å². The van der Waals surface area contributed by atoms with Crippen LogP contribution in [-0.4, -0.2) is 23.9 Å². The van der Waals surface area contributed by atoms with E-state index in [-0.39, 0.29) is 11.8 Å². The molecule has 0 unspecified atom stereocenters. The van der Waals surface area contributed by atoms with Crippen molar-refractivity contribution in [3.8, 4) is 5.75 Å². The van der Waals surface area contributed by atoms with E-state index in [1.54, 1.807) is 68.0 Å². The molecule has 26 heavy (non-hydrogen) atoms. The molecule has 0 spiro atoms. The smallest absolute Gasteiger partial charge is 0.255 e. The zero-order chi connectivity index (χ0) is 18.4. The zero-order valence-electron chi connectivity index (χ0n) is 14.1. The summed E-state index contributed by atoms with van der Waals surface area (Å²) in [4.78, 5) is 28.4. The third-order valence-electron chi connectivity index (χ3n) is 3.70. The molecule has 3 aromatic rings. The van der Waals surface area contributed by atoms with Crippen molar-refractivity contribution in [3.05, 3.63) is 84.2 Å². The van der Waals surface area contributed by atoms with Crippen molar-refractivity contribution < 1.29 is 14.3 Å². The van der Waals surface area contributed by atoms with Gasteiger partial charge in [-0.3, -0.25) is 14.6 Å². The molecule has 2 N–H and O–H groups in total. The van der Waals surface area contributed by atoms with Gasteiger partial charge < -0.3 is 15.4 Å². The summed E-state index contributed by atoms with van der Waals surface area (Å²) in [5, 5.41) is 5.58. The van der Waals surface area contributed by atoms with Gasteiger partial charge in [-0.2, -0.15) is 0 Å². The summed E-state index contributed by atoms with van der Waals surface area (Å²) in [5.41, 5.74) is 2.17. The Balaban J connectivity index is 1.67. The van der Waals surface area contributed by atoms with Crippen LogP contribution in [0.5, 0.6) is 5.75 Å². The van der Waals surface area contributed by atoms with Crippen LogP contribution in [0.15, 0.2) is 73.1 Å². The lowest BCUT2D eigenvalue weighted by molar-refractivity contribution is 0.101. The van der Waals surface area contributed by atoms with E-state index in [1.165, 1.54) is 0 Å². The first-order valence-corrected chi connectivity index (χ1v) is 7.93. The van der Waals surface area contributed by atoms with E-state index in [9.17, 15) is 9.59 Å². The summed E-state index contributed by atoms with van der Waals surface area (Å²) < 4.78 is 5.22. The Morgan fingerprint density at radius 3 is 2.12 bits per heavy atom. The molecule has 6 heteroatoms.